The van der Waals surface area contributed by atoms with Crippen molar-refractivity contribution >= 4 is 29.1 Å². The molecule has 1 fully saturated rings. The summed E-state index contributed by atoms with van der Waals surface area (Å²) in [7, 11) is 0. The van der Waals surface area contributed by atoms with E-state index in [-0.39, 0.29) is 5.71 Å². The second kappa shape index (κ2) is 9.98. The van der Waals surface area contributed by atoms with Crippen molar-refractivity contribution in [2.75, 3.05) is 5.32 Å². The van der Waals surface area contributed by atoms with E-state index in [0.717, 1.165) is 0 Å². The van der Waals surface area contributed by atoms with Crippen molar-refractivity contribution in [3.05, 3.63) is 65.7 Å². The van der Waals surface area contributed by atoms with E-state index in [4.69, 9.17) is 0 Å². The number of halogens is 6. The van der Waals surface area contributed by atoms with Crippen LogP contribution in [0.15, 0.2) is 59.6 Å². The number of alkyl halides is 6. The molecule has 1 saturated heterocycles. The summed E-state index contributed by atoms with van der Waals surface area (Å²) < 4.78 is 77.5. The Kier molecular flexibility index (Phi) is 7.11. The van der Waals surface area contributed by atoms with Gasteiger partial charge in [0.15, 0.2) is 0 Å². The van der Waals surface area contributed by atoms with Gasteiger partial charge in [-0.05, 0) is 18.9 Å². The predicted molar refractivity (Wildman–Crippen MR) is 120 cm³/mol. The highest BCUT2D eigenvalue weighted by molar-refractivity contribution is 6.20. The topological polar surface area (TPSA) is 78.8 Å². The first kappa shape index (κ1) is 26.4. The van der Waals surface area contributed by atoms with Crippen molar-refractivity contribution in [3.8, 4) is 0 Å². The molecule has 2 aliphatic heterocycles. The summed E-state index contributed by atoms with van der Waals surface area (Å²) in [5.74, 6) is -6.53. The van der Waals surface area contributed by atoms with Crippen LogP contribution in [0.3, 0.4) is 0 Å². The quantitative estimate of drug-likeness (QED) is 0.422. The molecule has 2 heterocycles. The number of nitrogens with one attached hydrogen (secondary N) is 1. The fourth-order valence-corrected chi connectivity index (χ4v) is 4.59. The number of imide groups is 1. The average molecular weight is 525 g/mol. The Hall–Kier alpha value is -3.70. The molecule has 37 heavy (non-hydrogen) atoms. The van der Waals surface area contributed by atoms with E-state index in [2.05, 4.69) is 10.3 Å². The van der Waals surface area contributed by atoms with Crippen LogP contribution in [0, 0.1) is 11.8 Å². The number of likely N-dealkylation sites (tertiary alicyclic amines) is 1. The molecule has 2 aromatic rings. The summed E-state index contributed by atoms with van der Waals surface area (Å²) in [6.45, 7) is 0. The molecule has 0 bridgehead atoms. The van der Waals surface area contributed by atoms with Gasteiger partial charge < -0.3 is 5.32 Å². The molecule has 0 radical (unpaired) electrons. The Labute approximate surface area is 207 Å². The van der Waals surface area contributed by atoms with Crippen LogP contribution in [-0.4, -0.2) is 46.9 Å². The number of aliphatic imine (C=N–C) groups is 1. The van der Waals surface area contributed by atoms with Gasteiger partial charge in [-0.1, -0.05) is 48.5 Å². The molecular formula is C25H21F6N3O3. The molecule has 0 aromatic heterocycles. The third-order valence-electron chi connectivity index (χ3n) is 6.29. The van der Waals surface area contributed by atoms with Crippen LogP contribution >= 0.6 is 0 Å². The molecular weight excluding hydrogens is 504 g/mol. The Bertz CT molecular complexity index is 1190. The lowest BCUT2D eigenvalue weighted by atomic mass is 9.87. The first-order chi connectivity index (χ1) is 17.4. The van der Waals surface area contributed by atoms with Crippen LogP contribution in [0.4, 0.5) is 32.0 Å². The number of benzodiazepines with no additional fused rings is 1. The zero-order chi connectivity index (χ0) is 27.0. The normalized spacial score (nSPS) is 22.4. The van der Waals surface area contributed by atoms with Crippen molar-refractivity contribution in [2.45, 2.75) is 44.2 Å². The summed E-state index contributed by atoms with van der Waals surface area (Å²) in [5.41, 5.74) is 1.54. The van der Waals surface area contributed by atoms with Gasteiger partial charge in [0.2, 0.25) is 18.0 Å². The number of rotatable bonds is 6. The molecule has 2 aromatic carbocycles. The fraction of sp³-hybridized carbons (Fsp3) is 0.360. The first-order valence-corrected chi connectivity index (χ1v) is 11.4. The van der Waals surface area contributed by atoms with Gasteiger partial charge in [0.05, 0.1) is 23.2 Å². The average Bonchev–Trinajstić information content (AvgIpc) is 2.96. The lowest BCUT2D eigenvalue weighted by Crippen LogP contribution is -2.46. The van der Waals surface area contributed by atoms with Crippen molar-refractivity contribution in [1.82, 2.24) is 4.90 Å². The van der Waals surface area contributed by atoms with Gasteiger partial charge in [-0.3, -0.25) is 14.4 Å². The minimum atomic E-state index is -4.69. The highest BCUT2D eigenvalue weighted by Crippen LogP contribution is 2.40. The van der Waals surface area contributed by atoms with Gasteiger partial charge in [-0.2, -0.15) is 26.3 Å². The zero-order valence-corrected chi connectivity index (χ0v) is 19.1. The van der Waals surface area contributed by atoms with Crippen LogP contribution in [0.25, 0.3) is 0 Å². The molecule has 6 nitrogen and oxygen atoms in total. The predicted octanol–water partition coefficient (Wildman–Crippen LogP) is 5.09. The summed E-state index contributed by atoms with van der Waals surface area (Å²) in [5, 5.41) is 2.57. The number of hydrogen-bond acceptors (Lipinski definition) is 4. The Morgan fingerprint density at radius 1 is 0.757 bits per heavy atom. The number of hydrogen-bond donors (Lipinski definition) is 1. The Morgan fingerprint density at radius 2 is 1.27 bits per heavy atom. The maximum absolute atomic E-state index is 13.2. The maximum Gasteiger partial charge on any atom is 0.389 e. The molecule has 12 heteroatoms. The smallest absolute Gasteiger partial charge is 0.322 e. The van der Waals surface area contributed by atoms with E-state index in [9.17, 15) is 40.7 Å². The van der Waals surface area contributed by atoms with Crippen LogP contribution in [0.1, 0.15) is 36.8 Å². The van der Waals surface area contributed by atoms with Crippen molar-refractivity contribution in [3.63, 3.8) is 0 Å². The number of amides is 3. The number of benzene rings is 2. The van der Waals surface area contributed by atoms with Gasteiger partial charge >= 0.3 is 12.4 Å². The monoisotopic (exact) mass is 525 g/mol. The Balaban J connectivity index is 1.75. The summed E-state index contributed by atoms with van der Waals surface area (Å²) in [6.07, 6.45) is -15.9. The van der Waals surface area contributed by atoms with Gasteiger partial charge in [-0.15, -0.1) is 0 Å². The van der Waals surface area contributed by atoms with E-state index in [1.165, 1.54) is 0 Å². The van der Waals surface area contributed by atoms with E-state index in [0.29, 0.717) is 21.7 Å². The van der Waals surface area contributed by atoms with Gasteiger partial charge in [0, 0.05) is 24.0 Å². The molecule has 0 saturated carbocycles. The van der Waals surface area contributed by atoms with Crippen molar-refractivity contribution in [1.29, 1.82) is 0 Å². The number of nitrogens with zero attached hydrogens (tertiary/aromatic N) is 2. The van der Waals surface area contributed by atoms with E-state index in [1.54, 1.807) is 54.6 Å². The SMILES string of the molecule is O=C1Nc2ccccc2C(c2ccccc2)=N[C@H]1N1C(=O)C(CCC(F)(F)F)C(CCC(F)(F)F)C1=O. The van der Waals surface area contributed by atoms with Crippen molar-refractivity contribution in [2.24, 2.45) is 16.8 Å². The van der Waals surface area contributed by atoms with Crippen LogP contribution in [0.5, 0.6) is 0 Å². The largest absolute Gasteiger partial charge is 0.389 e. The molecule has 2 aliphatic rings. The van der Waals surface area contributed by atoms with E-state index in [1.807, 2.05) is 0 Å². The summed E-state index contributed by atoms with van der Waals surface area (Å²) in [4.78, 5) is 44.5. The molecule has 2 unspecified atom stereocenters. The number of carbonyl (C=O) groups excluding carboxylic acids is 3. The van der Waals surface area contributed by atoms with Crippen LogP contribution < -0.4 is 5.32 Å². The molecule has 4 rings (SSSR count). The highest BCUT2D eigenvalue weighted by atomic mass is 19.4. The minimum Gasteiger partial charge on any atom is -0.322 e. The number of anilines is 1. The molecule has 0 spiro atoms. The Morgan fingerprint density at radius 3 is 1.81 bits per heavy atom. The zero-order valence-electron chi connectivity index (χ0n) is 19.1. The molecule has 0 aliphatic carbocycles. The van der Waals surface area contributed by atoms with Crippen LogP contribution in [0.2, 0.25) is 0 Å². The van der Waals surface area contributed by atoms with Gasteiger partial charge in [0.1, 0.15) is 0 Å². The second-order valence-electron chi connectivity index (χ2n) is 8.82. The summed E-state index contributed by atoms with van der Waals surface area (Å²) >= 11 is 0. The van der Waals surface area contributed by atoms with Crippen LogP contribution in [-0.2, 0) is 14.4 Å². The standard InChI is InChI=1S/C25H21F6N3O3/c26-24(27,28)12-10-15-16(11-13-25(29,30)31)23(37)34(22(15)36)20-21(35)32-18-9-5-4-8-17(18)19(33-20)14-6-2-1-3-7-14/h1-9,15-16,20H,10-13H2,(H,32,35)/t15?,16?,20-/m0/s1. The van der Waals surface area contributed by atoms with Gasteiger partial charge in [-0.25, -0.2) is 9.89 Å². The molecule has 3 atom stereocenters. The summed E-state index contributed by atoms with van der Waals surface area (Å²) in [6, 6.07) is 15.0. The molecule has 196 valence electrons. The van der Waals surface area contributed by atoms with E-state index < -0.39 is 73.8 Å². The molecule has 3 amide bonds. The highest BCUT2D eigenvalue weighted by Gasteiger charge is 2.53. The number of fused-ring (bicyclic) bond motifs is 1. The number of carbonyl (C=O) groups is 3. The van der Waals surface area contributed by atoms with Gasteiger partial charge in [0.25, 0.3) is 5.91 Å². The minimum absolute atomic E-state index is 0.228. The van der Waals surface area contributed by atoms with E-state index >= 15 is 0 Å². The fourth-order valence-electron chi connectivity index (χ4n) is 4.59. The third-order valence-corrected chi connectivity index (χ3v) is 6.29. The second-order valence-corrected chi connectivity index (χ2v) is 8.82. The lowest BCUT2D eigenvalue weighted by molar-refractivity contribution is -0.147. The first-order valence-electron chi connectivity index (χ1n) is 11.4. The third kappa shape index (κ3) is 5.83. The number of para-hydroxylation sites is 1. The van der Waals surface area contributed by atoms with Crippen molar-refractivity contribution < 1.29 is 40.7 Å². The molecule has 1 N–H and O–H groups in total. The lowest BCUT2D eigenvalue weighted by Gasteiger charge is -2.22. The maximum atomic E-state index is 13.2.